The van der Waals surface area contributed by atoms with Crippen molar-refractivity contribution in [3.63, 3.8) is 0 Å². The summed E-state index contributed by atoms with van der Waals surface area (Å²) in [6, 6.07) is 10.8. The zero-order valence-electron chi connectivity index (χ0n) is 10.0. The number of benzene rings is 2. The summed E-state index contributed by atoms with van der Waals surface area (Å²) in [7, 11) is 0. The van der Waals surface area contributed by atoms with Crippen LogP contribution in [0.25, 0.3) is 22.6 Å². The number of fused-ring (bicyclic) bond motifs is 3. The highest BCUT2D eigenvalue weighted by molar-refractivity contribution is 5.87. The second-order valence-electron chi connectivity index (χ2n) is 3.67. The van der Waals surface area contributed by atoms with E-state index in [4.69, 9.17) is 0 Å². The highest BCUT2D eigenvalue weighted by Gasteiger charge is 1.99. The highest BCUT2D eigenvalue weighted by atomic mass is 14.0. The lowest BCUT2D eigenvalue weighted by molar-refractivity contribution is 1.50. The van der Waals surface area contributed by atoms with Crippen LogP contribution in [0.1, 0.15) is 19.4 Å². The van der Waals surface area contributed by atoms with Gasteiger partial charge in [-0.25, -0.2) is 0 Å². The van der Waals surface area contributed by atoms with Crippen molar-refractivity contribution < 1.29 is 0 Å². The number of allylic oxidation sites excluding steroid dienone is 1. The first kappa shape index (κ1) is 10.7. The highest BCUT2D eigenvalue weighted by Crippen LogP contribution is 2.13. The van der Waals surface area contributed by atoms with Gasteiger partial charge in [0.05, 0.1) is 0 Å². The molecule has 0 N–H and O–H groups in total. The van der Waals surface area contributed by atoms with E-state index in [9.17, 15) is 0 Å². The van der Waals surface area contributed by atoms with Crippen LogP contribution in [0.2, 0.25) is 0 Å². The van der Waals surface area contributed by atoms with Gasteiger partial charge in [0, 0.05) is 5.22 Å². The molecule has 80 valence electrons. The molecular formula is C16H16. The van der Waals surface area contributed by atoms with Crippen LogP contribution in [0.4, 0.5) is 0 Å². The zero-order chi connectivity index (χ0) is 11.5. The lowest BCUT2D eigenvalue weighted by atomic mass is 10.0. The van der Waals surface area contributed by atoms with Gasteiger partial charge in [-0.05, 0) is 46.7 Å². The average Bonchev–Trinajstić information content (AvgIpc) is 2.80. The van der Waals surface area contributed by atoms with Crippen LogP contribution in [-0.2, 0) is 0 Å². The van der Waals surface area contributed by atoms with Crippen molar-refractivity contribution in [2.75, 3.05) is 0 Å². The second-order valence-corrected chi connectivity index (χ2v) is 3.67. The van der Waals surface area contributed by atoms with Crippen molar-refractivity contribution in [1.82, 2.24) is 0 Å². The molecule has 0 heterocycles. The number of hydrogen-bond acceptors (Lipinski definition) is 0. The normalized spacial score (nSPS) is 11.2. The molecule has 0 bridgehead atoms. The zero-order valence-corrected chi connectivity index (χ0v) is 10.0. The molecule has 0 radical (unpaired) electrons. The van der Waals surface area contributed by atoms with Crippen LogP contribution in [-0.4, -0.2) is 0 Å². The maximum Gasteiger partial charge on any atom is 0.0243 e. The molecule has 2 aromatic rings. The Bertz CT molecular complexity index is 669. The number of rotatable bonds is 0. The molecule has 0 atom stereocenters. The molecule has 0 saturated heterocycles. The summed E-state index contributed by atoms with van der Waals surface area (Å²) in [6.45, 7) is 6.15. The Balaban J connectivity index is 0.000000457. The van der Waals surface area contributed by atoms with Crippen molar-refractivity contribution >= 4 is 22.6 Å². The quantitative estimate of drug-likeness (QED) is 0.624. The van der Waals surface area contributed by atoms with E-state index in [-0.39, 0.29) is 0 Å². The molecule has 0 aliphatic heterocycles. The molecule has 0 nitrogen and oxygen atoms in total. The van der Waals surface area contributed by atoms with E-state index in [1.165, 1.54) is 26.8 Å². The van der Waals surface area contributed by atoms with E-state index in [1.807, 2.05) is 19.9 Å². The molecular weight excluding hydrogens is 192 g/mol. The van der Waals surface area contributed by atoms with Gasteiger partial charge in [-0.2, -0.15) is 0 Å². The Hall–Kier alpha value is -1.78. The van der Waals surface area contributed by atoms with Crippen LogP contribution >= 0.6 is 0 Å². The molecule has 0 heteroatoms. The smallest absolute Gasteiger partial charge is 0.0243 e. The maximum absolute atomic E-state index is 3.23. The molecule has 0 spiro atoms. The lowest BCUT2D eigenvalue weighted by Gasteiger charge is -2.01. The fraction of sp³-hybridized carbons (Fsp3) is 0.188. The monoisotopic (exact) mass is 208 g/mol. The summed E-state index contributed by atoms with van der Waals surface area (Å²) >= 11 is 0. The third-order valence-corrected chi connectivity index (χ3v) is 2.81. The van der Waals surface area contributed by atoms with E-state index in [0.717, 1.165) is 0 Å². The van der Waals surface area contributed by atoms with Crippen LogP contribution in [0.5, 0.6) is 0 Å². The molecule has 0 amide bonds. The Morgan fingerprint density at radius 2 is 1.75 bits per heavy atom. The summed E-state index contributed by atoms with van der Waals surface area (Å²) in [5.74, 6) is 0. The van der Waals surface area contributed by atoms with Gasteiger partial charge in [0.15, 0.2) is 0 Å². The SMILES string of the molecule is CC.Cc1cccc2c3c(ccc12)=C=CC=3. The van der Waals surface area contributed by atoms with Crippen molar-refractivity contribution in [1.29, 1.82) is 0 Å². The summed E-state index contributed by atoms with van der Waals surface area (Å²) in [5, 5.41) is 5.21. The molecule has 1 aliphatic carbocycles. The summed E-state index contributed by atoms with van der Waals surface area (Å²) in [5.41, 5.74) is 4.57. The Morgan fingerprint density at radius 1 is 0.938 bits per heavy atom. The predicted molar refractivity (Wildman–Crippen MR) is 71.7 cm³/mol. The first-order valence-corrected chi connectivity index (χ1v) is 5.82. The fourth-order valence-electron chi connectivity index (χ4n) is 2.06. The van der Waals surface area contributed by atoms with Gasteiger partial charge in [0.2, 0.25) is 0 Å². The van der Waals surface area contributed by atoms with Gasteiger partial charge in [0.25, 0.3) is 0 Å². The molecule has 16 heavy (non-hydrogen) atoms. The minimum absolute atomic E-state index is 1.21. The Labute approximate surface area is 96.2 Å². The van der Waals surface area contributed by atoms with Gasteiger partial charge >= 0.3 is 0 Å². The molecule has 0 unspecified atom stereocenters. The van der Waals surface area contributed by atoms with Crippen molar-refractivity contribution in [3.8, 4) is 0 Å². The van der Waals surface area contributed by atoms with Crippen LogP contribution in [0.3, 0.4) is 0 Å². The topological polar surface area (TPSA) is 0 Å². The summed E-state index contributed by atoms with van der Waals surface area (Å²) in [4.78, 5) is 0. The van der Waals surface area contributed by atoms with Crippen LogP contribution in [0, 0.1) is 6.92 Å². The number of aryl methyl sites for hydroxylation is 1. The minimum atomic E-state index is 1.21. The predicted octanol–water partition coefficient (Wildman–Crippen LogP) is 2.90. The molecule has 0 saturated carbocycles. The van der Waals surface area contributed by atoms with Gasteiger partial charge in [-0.15, -0.1) is 5.73 Å². The Kier molecular flexibility index (Phi) is 2.94. The van der Waals surface area contributed by atoms with Crippen LogP contribution in [0.15, 0.2) is 36.4 Å². The maximum atomic E-state index is 3.23. The summed E-state index contributed by atoms with van der Waals surface area (Å²) < 4.78 is 0. The molecule has 2 aromatic carbocycles. The largest absolute Gasteiger partial charge is 0.112 e. The van der Waals surface area contributed by atoms with Gasteiger partial charge in [-0.3, -0.25) is 0 Å². The van der Waals surface area contributed by atoms with E-state index in [0.29, 0.717) is 0 Å². The second kappa shape index (κ2) is 4.38. The molecule has 0 fully saturated rings. The third kappa shape index (κ3) is 1.58. The van der Waals surface area contributed by atoms with Crippen molar-refractivity contribution in [3.05, 3.63) is 52.4 Å². The van der Waals surface area contributed by atoms with E-state index in [2.05, 4.69) is 49.1 Å². The minimum Gasteiger partial charge on any atom is -0.112 e. The lowest BCUT2D eigenvalue weighted by Crippen LogP contribution is -2.21. The van der Waals surface area contributed by atoms with E-state index >= 15 is 0 Å². The van der Waals surface area contributed by atoms with E-state index in [1.54, 1.807) is 0 Å². The summed E-state index contributed by atoms with van der Waals surface area (Å²) in [6.07, 6.45) is 4.13. The van der Waals surface area contributed by atoms with Crippen LogP contribution < -0.4 is 10.4 Å². The van der Waals surface area contributed by atoms with Gasteiger partial charge in [0.1, 0.15) is 0 Å². The molecule has 0 aromatic heterocycles. The molecule has 3 rings (SSSR count). The standard InChI is InChI=1S/C14H10.C2H6/c1-10-4-2-7-14-12(10)9-8-11-5-3-6-13(11)14;1-2/h2-4,6-9H,1H3;1-2H3. The van der Waals surface area contributed by atoms with E-state index < -0.39 is 0 Å². The van der Waals surface area contributed by atoms with Gasteiger partial charge < -0.3 is 0 Å². The third-order valence-electron chi connectivity index (χ3n) is 2.81. The fourth-order valence-corrected chi connectivity index (χ4v) is 2.06. The van der Waals surface area contributed by atoms with Crippen molar-refractivity contribution in [2.45, 2.75) is 20.8 Å². The number of hydrogen-bond donors (Lipinski definition) is 0. The average molecular weight is 208 g/mol. The Morgan fingerprint density at radius 3 is 2.56 bits per heavy atom. The first-order valence-electron chi connectivity index (χ1n) is 5.82. The van der Waals surface area contributed by atoms with Crippen molar-refractivity contribution in [2.24, 2.45) is 0 Å². The molecule has 1 aliphatic rings. The first-order chi connectivity index (χ1) is 7.86. The van der Waals surface area contributed by atoms with Gasteiger partial charge in [-0.1, -0.05) is 38.1 Å².